The lowest BCUT2D eigenvalue weighted by Crippen LogP contribution is -2.37. The topological polar surface area (TPSA) is 91.3 Å². The summed E-state index contributed by atoms with van der Waals surface area (Å²) in [6.07, 6.45) is 3.25. The molecule has 0 spiro atoms. The monoisotopic (exact) mass is 474 g/mol. The smallest absolute Gasteiger partial charge is 0.246 e. The van der Waals surface area contributed by atoms with Gasteiger partial charge in [0.15, 0.2) is 5.96 Å². The average molecular weight is 474 g/mol. The average Bonchev–Trinajstić information content (AvgIpc) is 2.89. The standard InChI is InChI=1S/C16H22N6OS.HI/c1-4-18-16(20-10-15-21-11(2)12(3)24-15)19-9-14(23)22-13-6-5-7-17-8-13;/h5-8H,4,9-10H2,1-3H3,(H,22,23)(H2,18,19,20);1H. The van der Waals surface area contributed by atoms with Gasteiger partial charge in [-0.1, -0.05) is 0 Å². The molecule has 0 unspecified atom stereocenters. The number of thiazole rings is 1. The maximum Gasteiger partial charge on any atom is 0.246 e. The van der Waals surface area contributed by atoms with E-state index in [1.807, 2.05) is 13.8 Å². The highest BCUT2D eigenvalue weighted by atomic mass is 127. The summed E-state index contributed by atoms with van der Waals surface area (Å²) in [7, 11) is 0. The van der Waals surface area contributed by atoms with E-state index in [9.17, 15) is 4.79 Å². The van der Waals surface area contributed by atoms with E-state index in [4.69, 9.17) is 0 Å². The fourth-order valence-corrected chi connectivity index (χ4v) is 2.78. The first kappa shape index (κ1) is 21.3. The van der Waals surface area contributed by atoms with Crippen molar-refractivity contribution in [3.8, 4) is 0 Å². The zero-order valence-corrected chi connectivity index (χ0v) is 17.6. The zero-order chi connectivity index (χ0) is 17.4. The van der Waals surface area contributed by atoms with Gasteiger partial charge in [-0.3, -0.25) is 9.78 Å². The molecule has 0 aliphatic carbocycles. The van der Waals surface area contributed by atoms with Crippen LogP contribution in [0.15, 0.2) is 29.5 Å². The van der Waals surface area contributed by atoms with Gasteiger partial charge in [0.05, 0.1) is 24.1 Å². The third-order valence-corrected chi connectivity index (χ3v) is 4.22. The number of aromatic nitrogens is 2. The van der Waals surface area contributed by atoms with Crippen molar-refractivity contribution in [3.05, 3.63) is 40.1 Å². The summed E-state index contributed by atoms with van der Waals surface area (Å²) in [5.41, 5.74) is 1.71. The summed E-state index contributed by atoms with van der Waals surface area (Å²) in [6, 6.07) is 3.55. The third kappa shape index (κ3) is 7.34. The van der Waals surface area contributed by atoms with Crippen molar-refractivity contribution in [2.45, 2.75) is 27.3 Å². The molecule has 0 aromatic carbocycles. The van der Waals surface area contributed by atoms with Gasteiger partial charge in [0.2, 0.25) is 5.91 Å². The van der Waals surface area contributed by atoms with Gasteiger partial charge in [-0.2, -0.15) is 0 Å². The molecule has 0 radical (unpaired) electrons. The van der Waals surface area contributed by atoms with Gasteiger partial charge >= 0.3 is 0 Å². The number of nitrogens with one attached hydrogen (secondary N) is 3. The van der Waals surface area contributed by atoms with E-state index in [1.165, 1.54) is 4.88 Å². The van der Waals surface area contributed by atoms with Crippen LogP contribution < -0.4 is 16.0 Å². The summed E-state index contributed by atoms with van der Waals surface area (Å²) in [4.78, 5) is 25.9. The van der Waals surface area contributed by atoms with E-state index in [1.54, 1.807) is 35.9 Å². The Morgan fingerprint density at radius 3 is 2.72 bits per heavy atom. The maximum absolute atomic E-state index is 11.9. The van der Waals surface area contributed by atoms with Gasteiger partial charge in [-0.15, -0.1) is 35.3 Å². The van der Waals surface area contributed by atoms with Gasteiger partial charge in [-0.05, 0) is 32.9 Å². The van der Waals surface area contributed by atoms with Crippen LogP contribution in [0.1, 0.15) is 22.5 Å². The largest absolute Gasteiger partial charge is 0.357 e. The molecular weight excluding hydrogens is 451 g/mol. The minimum Gasteiger partial charge on any atom is -0.357 e. The fourth-order valence-electron chi connectivity index (χ4n) is 1.90. The molecule has 3 N–H and O–H groups in total. The molecule has 0 fully saturated rings. The molecule has 9 heteroatoms. The van der Waals surface area contributed by atoms with Crippen LogP contribution in [0.5, 0.6) is 0 Å². The molecule has 2 aromatic rings. The Morgan fingerprint density at radius 1 is 1.32 bits per heavy atom. The van der Waals surface area contributed by atoms with Crippen molar-refractivity contribution in [2.24, 2.45) is 4.99 Å². The van der Waals surface area contributed by atoms with Crippen LogP contribution in [0.25, 0.3) is 0 Å². The molecular formula is C16H23IN6OS. The second-order valence-corrected chi connectivity index (χ2v) is 6.38. The molecule has 0 saturated carbocycles. The first-order valence-corrected chi connectivity index (χ1v) is 8.55. The van der Waals surface area contributed by atoms with E-state index >= 15 is 0 Å². The van der Waals surface area contributed by atoms with E-state index < -0.39 is 0 Å². The van der Waals surface area contributed by atoms with Crippen LogP contribution in [0.3, 0.4) is 0 Å². The van der Waals surface area contributed by atoms with Gasteiger partial charge in [0.1, 0.15) is 11.6 Å². The molecule has 0 atom stereocenters. The van der Waals surface area contributed by atoms with Crippen molar-refractivity contribution >= 4 is 52.9 Å². The van der Waals surface area contributed by atoms with Crippen molar-refractivity contribution in [2.75, 3.05) is 18.4 Å². The Kier molecular flexibility index (Phi) is 9.35. The summed E-state index contributed by atoms with van der Waals surface area (Å²) >= 11 is 1.66. The van der Waals surface area contributed by atoms with Crippen molar-refractivity contribution in [3.63, 3.8) is 0 Å². The number of carbonyl (C=O) groups is 1. The zero-order valence-electron chi connectivity index (χ0n) is 14.5. The maximum atomic E-state index is 11.9. The quantitative estimate of drug-likeness (QED) is 0.340. The lowest BCUT2D eigenvalue weighted by Gasteiger charge is -2.10. The number of amides is 1. The molecule has 2 heterocycles. The number of aryl methyl sites for hydroxylation is 2. The molecule has 0 saturated heterocycles. The number of carbonyl (C=O) groups excluding carboxylic acids is 1. The van der Waals surface area contributed by atoms with Crippen LogP contribution in [0.4, 0.5) is 5.69 Å². The number of anilines is 1. The predicted octanol–water partition coefficient (Wildman–Crippen LogP) is 2.47. The summed E-state index contributed by atoms with van der Waals surface area (Å²) in [5, 5.41) is 10.1. The number of aliphatic imine (C=N–C) groups is 1. The van der Waals surface area contributed by atoms with Gasteiger partial charge in [-0.25, -0.2) is 9.98 Å². The van der Waals surface area contributed by atoms with Crippen molar-refractivity contribution in [1.82, 2.24) is 20.6 Å². The van der Waals surface area contributed by atoms with E-state index in [0.29, 0.717) is 24.7 Å². The van der Waals surface area contributed by atoms with E-state index in [0.717, 1.165) is 10.7 Å². The molecule has 25 heavy (non-hydrogen) atoms. The minimum atomic E-state index is -0.193. The van der Waals surface area contributed by atoms with Gasteiger partial charge in [0.25, 0.3) is 0 Å². The van der Waals surface area contributed by atoms with Crippen LogP contribution in [0.2, 0.25) is 0 Å². The van der Waals surface area contributed by atoms with Crippen LogP contribution in [-0.4, -0.2) is 34.9 Å². The molecule has 0 aliphatic rings. The molecule has 2 rings (SSSR count). The van der Waals surface area contributed by atoms with Gasteiger partial charge < -0.3 is 16.0 Å². The summed E-state index contributed by atoms with van der Waals surface area (Å²) in [6.45, 7) is 7.35. The number of guanidine groups is 1. The Hall–Kier alpha value is -1.75. The van der Waals surface area contributed by atoms with E-state index in [2.05, 4.69) is 37.8 Å². The Morgan fingerprint density at radius 2 is 2.12 bits per heavy atom. The Bertz CT molecular complexity index is 684. The normalized spacial score (nSPS) is 10.8. The second kappa shape index (κ2) is 11.0. The van der Waals surface area contributed by atoms with E-state index in [-0.39, 0.29) is 36.4 Å². The molecule has 2 aromatic heterocycles. The van der Waals surface area contributed by atoms with Crippen molar-refractivity contribution in [1.29, 1.82) is 0 Å². The Balaban J connectivity index is 0.00000312. The van der Waals surface area contributed by atoms with Crippen molar-refractivity contribution < 1.29 is 4.79 Å². The number of rotatable bonds is 6. The molecule has 0 bridgehead atoms. The Labute approximate surface area is 168 Å². The number of halogens is 1. The van der Waals surface area contributed by atoms with Crippen LogP contribution >= 0.6 is 35.3 Å². The molecule has 136 valence electrons. The predicted molar refractivity (Wildman–Crippen MR) is 113 cm³/mol. The number of hydrogen-bond donors (Lipinski definition) is 3. The SMILES string of the molecule is CCNC(=NCC(=O)Nc1cccnc1)NCc1nc(C)c(C)s1.I. The van der Waals surface area contributed by atoms with Gasteiger partial charge in [0, 0.05) is 17.6 Å². The number of pyridine rings is 1. The summed E-state index contributed by atoms with van der Waals surface area (Å²) < 4.78 is 0. The number of nitrogens with zero attached hydrogens (tertiary/aromatic N) is 3. The number of hydrogen-bond acceptors (Lipinski definition) is 5. The van der Waals surface area contributed by atoms with Crippen LogP contribution in [-0.2, 0) is 11.3 Å². The first-order chi connectivity index (χ1) is 11.6. The second-order valence-electron chi connectivity index (χ2n) is 5.09. The molecule has 7 nitrogen and oxygen atoms in total. The minimum absolute atomic E-state index is 0. The molecule has 1 amide bonds. The molecule has 0 aliphatic heterocycles. The highest BCUT2D eigenvalue weighted by molar-refractivity contribution is 14.0. The highest BCUT2D eigenvalue weighted by Gasteiger charge is 2.06. The fraction of sp³-hybridized carbons (Fsp3) is 0.375. The lowest BCUT2D eigenvalue weighted by atomic mass is 10.4. The lowest BCUT2D eigenvalue weighted by molar-refractivity contribution is -0.114. The third-order valence-electron chi connectivity index (χ3n) is 3.15. The highest BCUT2D eigenvalue weighted by Crippen LogP contribution is 2.15. The first-order valence-electron chi connectivity index (χ1n) is 7.73. The van der Waals surface area contributed by atoms with Crippen LogP contribution in [0, 0.1) is 13.8 Å². The summed E-state index contributed by atoms with van der Waals surface area (Å²) in [5.74, 6) is 0.394.